The predicted molar refractivity (Wildman–Crippen MR) is 60.5 cm³/mol. The van der Waals surface area contributed by atoms with E-state index < -0.39 is 6.04 Å². The van der Waals surface area contributed by atoms with Crippen molar-refractivity contribution in [2.75, 3.05) is 0 Å². The third-order valence-corrected chi connectivity index (χ3v) is 2.99. The van der Waals surface area contributed by atoms with Gasteiger partial charge in [0.2, 0.25) is 0 Å². The first-order chi connectivity index (χ1) is 7.24. The van der Waals surface area contributed by atoms with Gasteiger partial charge in [0.25, 0.3) is 0 Å². The molecule has 1 unspecified atom stereocenters. The van der Waals surface area contributed by atoms with Crippen LogP contribution < -0.4 is 5.73 Å². The number of carbonyl (C=O) groups is 1. The Labute approximate surface area is 92.4 Å². The van der Waals surface area contributed by atoms with E-state index in [0.29, 0.717) is 0 Å². The maximum Gasteiger partial charge on any atom is 0.323 e. The van der Waals surface area contributed by atoms with Gasteiger partial charge in [-0.05, 0) is 32.1 Å². The lowest BCUT2D eigenvalue weighted by Gasteiger charge is -2.18. The van der Waals surface area contributed by atoms with E-state index in [4.69, 9.17) is 10.5 Å². The average molecular weight is 213 g/mol. The minimum absolute atomic E-state index is 0.128. The van der Waals surface area contributed by atoms with E-state index in [1.165, 1.54) is 25.7 Å². The lowest BCUT2D eigenvalue weighted by molar-refractivity contribution is -0.151. The number of carbonyl (C=O) groups excluding carboxylic acids is 1. The van der Waals surface area contributed by atoms with E-state index >= 15 is 0 Å². The Balaban J connectivity index is 2.28. The van der Waals surface area contributed by atoms with Gasteiger partial charge in [0, 0.05) is 0 Å². The molecule has 0 spiro atoms. The Hall–Kier alpha value is -0.570. The Morgan fingerprint density at radius 2 is 1.93 bits per heavy atom. The van der Waals surface area contributed by atoms with Gasteiger partial charge in [-0.3, -0.25) is 4.79 Å². The summed E-state index contributed by atoms with van der Waals surface area (Å²) in [5, 5.41) is 0. The molecule has 1 atom stereocenters. The Kier molecular flexibility index (Phi) is 5.69. The first kappa shape index (κ1) is 12.5. The van der Waals surface area contributed by atoms with Crippen LogP contribution in [-0.4, -0.2) is 18.1 Å². The summed E-state index contributed by atoms with van der Waals surface area (Å²) in [5.74, 6) is -0.205. The van der Waals surface area contributed by atoms with Gasteiger partial charge in [-0.2, -0.15) is 0 Å². The Morgan fingerprint density at radius 3 is 2.47 bits per heavy atom. The topological polar surface area (TPSA) is 52.3 Å². The minimum atomic E-state index is -0.418. The molecule has 0 amide bonds. The van der Waals surface area contributed by atoms with Gasteiger partial charge in [-0.25, -0.2) is 0 Å². The van der Waals surface area contributed by atoms with Crippen LogP contribution in [0.1, 0.15) is 58.3 Å². The number of esters is 1. The Bertz CT molecular complexity index is 186. The summed E-state index contributed by atoms with van der Waals surface area (Å²) in [6.07, 6.45) is 8.73. The van der Waals surface area contributed by atoms with E-state index in [9.17, 15) is 4.79 Å². The number of ether oxygens (including phenoxy) is 1. The van der Waals surface area contributed by atoms with Crippen LogP contribution in [0.15, 0.2) is 0 Å². The van der Waals surface area contributed by atoms with Gasteiger partial charge in [0.1, 0.15) is 12.1 Å². The molecule has 0 radical (unpaired) electrons. The van der Waals surface area contributed by atoms with Gasteiger partial charge in [-0.1, -0.05) is 26.2 Å². The number of rotatable bonds is 4. The van der Waals surface area contributed by atoms with E-state index in [1.54, 1.807) is 0 Å². The summed E-state index contributed by atoms with van der Waals surface area (Å²) < 4.78 is 5.42. The maximum absolute atomic E-state index is 11.6. The number of hydrogen-bond donors (Lipinski definition) is 1. The standard InChI is InChI=1S/C12H23NO2/c1-2-7-11(13)12(14)15-10-8-5-3-4-6-9-10/h10-11H,2-9,13H2,1H3. The summed E-state index contributed by atoms with van der Waals surface area (Å²) >= 11 is 0. The van der Waals surface area contributed by atoms with Gasteiger partial charge in [-0.15, -0.1) is 0 Å². The molecule has 3 heteroatoms. The number of nitrogens with two attached hydrogens (primary N) is 1. The monoisotopic (exact) mass is 213 g/mol. The summed E-state index contributed by atoms with van der Waals surface area (Å²) in [6.45, 7) is 2.03. The molecule has 3 nitrogen and oxygen atoms in total. The smallest absolute Gasteiger partial charge is 0.323 e. The van der Waals surface area contributed by atoms with E-state index in [0.717, 1.165) is 25.7 Å². The van der Waals surface area contributed by atoms with Crippen molar-refractivity contribution in [3.05, 3.63) is 0 Å². The molecule has 1 saturated carbocycles. The van der Waals surface area contributed by atoms with Crippen LogP contribution in [0, 0.1) is 0 Å². The normalized spacial score (nSPS) is 20.7. The zero-order valence-electron chi connectivity index (χ0n) is 9.71. The maximum atomic E-state index is 11.6. The molecular formula is C12H23NO2. The van der Waals surface area contributed by atoms with Crippen LogP contribution in [0.2, 0.25) is 0 Å². The largest absolute Gasteiger partial charge is 0.461 e. The fourth-order valence-electron chi connectivity index (χ4n) is 2.04. The molecule has 0 aromatic heterocycles. The molecule has 1 fully saturated rings. The molecule has 0 saturated heterocycles. The molecule has 15 heavy (non-hydrogen) atoms. The first-order valence-electron chi connectivity index (χ1n) is 6.20. The van der Waals surface area contributed by atoms with Crippen LogP contribution >= 0.6 is 0 Å². The third kappa shape index (κ3) is 4.65. The molecule has 2 N–H and O–H groups in total. The second-order valence-electron chi connectivity index (χ2n) is 4.45. The highest BCUT2D eigenvalue weighted by Gasteiger charge is 2.20. The van der Waals surface area contributed by atoms with Crippen molar-refractivity contribution in [1.29, 1.82) is 0 Å². The van der Waals surface area contributed by atoms with Crippen LogP contribution in [0.3, 0.4) is 0 Å². The highest BCUT2D eigenvalue weighted by atomic mass is 16.5. The van der Waals surface area contributed by atoms with E-state index in [1.807, 2.05) is 6.92 Å². The Morgan fingerprint density at radius 1 is 1.33 bits per heavy atom. The van der Waals surface area contributed by atoms with Crippen molar-refractivity contribution in [1.82, 2.24) is 0 Å². The molecular weight excluding hydrogens is 190 g/mol. The molecule has 0 aliphatic heterocycles. The zero-order chi connectivity index (χ0) is 11.1. The van der Waals surface area contributed by atoms with Gasteiger partial charge < -0.3 is 10.5 Å². The van der Waals surface area contributed by atoms with Crippen molar-refractivity contribution in [2.45, 2.75) is 70.4 Å². The molecule has 1 rings (SSSR count). The summed E-state index contributed by atoms with van der Waals surface area (Å²) in [6, 6.07) is -0.418. The van der Waals surface area contributed by atoms with Crippen molar-refractivity contribution >= 4 is 5.97 Å². The van der Waals surface area contributed by atoms with E-state index in [-0.39, 0.29) is 12.1 Å². The van der Waals surface area contributed by atoms with Crippen molar-refractivity contribution < 1.29 is 9.53 Å². The zero-order valence-corrected chi connectivity index (χ0v) is 9.71. The SMILES string of the molecule is CCCC(N)C(=O)OC1CCCCCC1. The van der Waals surface area contributed by atoms with Gasteiger partial charge in [0.05, 0.1) is 0 Å². The summed E-state index contributed by atoms with van der Waals surface area (Å²) in [7, 11) is 0. The van der Waals surface area contributed by atoms with Crippen LogP contribution in [0.5, 0.6) is 0 Å². The average Bonchev–Trinajstić information content (AvgIpc) is 2.46. The third-order valence-electron chi connectivity index (χ3n) is 2.99. The van der Waals surface area contributed by atoms with Crippen LogP contribution in [-0.2, 0) is 9.53 Å². The van der Waals surface area contributed by atoms with E-state index in [2.05, 4.69) is 0 Å². The molecule has 0 aromatic carbocycles. The fraction of sp³-hybridized carbons (Fsp3) is 0.917. The van der Waals surface area contributed by atoms with Crippen LogP contribution in [0.4, 0.5) is 0 Å². The summed E-state index contributed by atoms with van der Waals surface area (Å²) in [5.41, 5.74) is 5.71. The summed E-state index contributed by atoms with van der Waals surface area (Å²) in [4.78, 5) is 11.6. The highest BCUT2D eigenvalue weighted by molar-refractivity contribution is 5.75. The second-order valence-corrected chi connectivity index (χ2v) is 4.45. The number of hydrogen-bond acceptors (Lipinski definition) is 3. The second kappa shape index (κ2) is 6.83. The van der Waals surface area contributed by atoms with Crippen molar-refractivity contribution in [2.24, 2.45) is 5.73 Å². The van der Waals surface area contributed by atoms with Crippen molar-refractivity contribution in [3.63, 3.8) is 0 Å². The van der Waals surface area contributed by atoms with Gasteiger partial charge in [0.15, 0.2) is 0 Å². The van der Waals surface area contributed by atoms with Crippen molar-refractivity contribution in [3.8, 4) is 0 Å². The molecule has 1 aliphatic carbocycles. The highest BCUT2D eigenvalue weighted by Crippen LogP contribution is 2.20. The molecule has 0 heterocycles. The molecule has 1 aliphatic rings. The molecule has 0 aromatic rings. The predicted octanol–water partition coefficient (Wildman–Crippen LogP) is 2.38. The quantitative estimate of drug-likeness (QED) is 0.576. The first-order valence-corrected chi connectivity index (χ1v) is 6.20. The van der Waals surface area contributed by atoms with Gasteiger partial charge >= 0.3 is 5.97 Å². The fourth-order valence-corrected chi connectivity index (χ4v) is 2.04. The lowest BCUT2D eigenvalue weighted by atomic mass is 10.1. The van der Waals surface area contributed by atoms with Crippen LogP contribution in [0.25, 0.3) is 0 Å². The molecule has 0 bridgehead atoms. The molecule has 88 valence electrons. The lowest BCUT2D eigenvalue weighted by Crippen LogP contribution is -2.34. The minimum Gasteiger partial charge on any atom is -0.461 e.